The van der Waals surface area contributed by atoms with Gasteiger partial charge in [0.2, 0.25) is 0 Å². The summed E-state index contributed by atoms with van der Waals surface area (Å²) in [6.07, 6.45) is 7.99. The Hall–Kier alpha value is -2.55. The topological polar surface area (TPSA) is 75.3 Å². The van der Waals surface area contributed by atoms with E-state index in [0.717, 1.165) is 55.6 Å². The van der Waals surface area contributed by atoms with Crippen LogP contribution in [-0.2, 0) is 20.9 Å². The Morgan fingerprint density at radius 1 is 1.18 bits per heavy atom. The summed E-state index contributed by atoms with van der Waals surface area (Å²) in [6.45, 7) is 8.08. The highest BCUT2D eigenvalue weighted by molar-refractivity contribution is 5.99. The lowest BCUT2D eigenvalue weighted by Gasteiger charge is -2.24. The van der Waals surface area contributed by atoms with Crippen LogP contribution in [0.15, 0.2) is 11.6 Å². The van der Waals surface area contributed by atoms with Crippen LogP contribution < -0.4 is 0 Å². The number of nitrogens with zero attached hydrogens (tertiary/aromatic N) is 3. The first-order valence-electron chi connectivity index (χ1n) is 10.2. The van der Waals surface area contributed by atoms with Crippen LogP contribution in [0.4, 0.5) is 0 Å². The van der Waals surface area contributed by atoms with E-state index in [2.05, 4.69) is 11.5 Å². The molecule has 2 heterocycles. The van der Waals surface area contributed by atoms with Gasteiger partial charge in [0.15, 0.2) is 6.61 Å². The van der Waals surface area contributed by atoms with E-state index in [-0.39, 0.29) is 18.1 Å². The molecule has 1 aromatic rings. The molecule has 0 bridgehead atoms. The van der Waals surface area contributed by atoms with Gasteiger partial charge in [-0.3, -0.25) is 4.79 Å². The number of ether oxygens (including phenoxy) is 1. The number of likely N-dealkylation sites (tertiary alicyclic amines) is 1. The van der Waals surface area contributed by atoms with Crippen LogP contribution in [0.5, 0.6) is 0 Å². The molecule has 0 aliphatic carbocycles. The Morgan fingerprint density at radius 3 is 2.43 bits per heavy atom. The monoisotopic (exact) mass is 385 g/mol. The Labute approximate surface area is 167 Å². The largest absolute Gasteiger partial charge is 0.451 e. The number of hydrogen-bond acceptors (Lipinski definition) is 4. The third-order valence-corrected chi connectivity index (χ3v) is 5.24. The Morgan fingerprint density at radius 2 is 1.82 bits per heavy atom. The summed E-state index contributed by atoms with van der Waals surface area (Å²) in [5, 5.41) is 9.39. The quantitative estimate of drug-likeness (QED) is 0.424. The van der Waals surface area contributed by atoms with Gasteiger partial charge in [-0.1, -0.05) is 26.2 Å². The van der Waals surface area contributed by atoms with Gasteiger partial charge in [-0.2, -0.15) is 5.26 Å². The second kappa shape index (κ2) is 10.7. The fraction of sp³-hybridized carbons (Fsp3) is 0.591. The van der Waals surface area contributed by atoms with Gasteiger partial charge in [0.1, 0.15) is 11.6 Å². The van der Waals surface area contributed by atoms with Gasteiger partial charge in [0, 0.05) is 31.0 Å². The Balaban J connectivity index is 2.01. The molecule has 28 heavy (non-hydrogen) atoms. The predicted molar refractivity (Wildman–Crippen MR) is 108 cm³/mol. The molecule has 0 spiro atoms. The van der Waals surface area contributed by atoms with Crippen molar-refractivity contribution in [3.8, 4) is 6.07 Å². The van der Waals surface area contributed by atoms with Crippen LogP contribution in [0.1, 0.15) is 62.4 Å². The summed E-state index contributed by atoms with van der Waals surface area (Å²) in [5.74, 6) is -0.933. The van der Waals surface area contributed by atoms with Crippen molar-refractivity contribution in [2.45, 2.75) is 65.8 Å². The zero-order valence-electron chi connectivity index (χ0n) is 17.3. The molecule has 2 rings (SSSR count). The second-order valence-corrected chi connectivity index (χ2v) is 7.37. The number of rotatable bonds is 6. The fourth-order valence-electron chi connectivity index (χ4n) is 3.63. The minimum atomic E-state index is -0.747. The molecule has 1 aliphatic rings. The summed E-state index contributed by atoms with van der Waals surface area (Å²) in [5.41, 5.74) is 2.84. The van der Waals surface area contributed by atoms with Crippen LogP contribution in [0.25, 0.3) is 6.08 Å². The summed E-state index contributed by atoms with van der Waals surface area (Å²) in [6, 6.07) is 3.87. The van der Waals surface area contributed by atoms with E-state index >= 15 is 0 Å². The van der Waals surface area contributed by atoms with Crippen molar-refractivity contribution in [2.24, 2.45) is 0 Å². The molecular formula is C22H31N3O3. The molecule has 0 atom stereocenters. The van der Waals surface area contributed by atoms with Crippen molar-refractivity contribution >= 4 is 18.0 Å². The maximum Gasteiger partial charge on any atom is 0.349 e. The van der Waals surface area contributed by atoms with Crippen molar-refractivity contribution < 1.29 is 14.3 Å². The van der Waals surface area contributed by atoms with Gasteiger partial charge in [-0.25, -0.2) is 4.79 Å². The number of carbonyl (C=O) groups excluding carboxylic acids is 2. The summed E-state index contributed by atoms with van der Waals surface area (Å²) in [7, 11) is 0. The van der Waals surface area contributed by atoms with E-state index in [1.807, 2.05) is 26.0 Å². The maximum absolute atomic E-state index is 12.4. The molecule has 0 saturated carbocycles. The minimum Gasteiger partial charge on any atom is -0.451 e. The molecule has 0 N–H and O–H groups in total. The van der Waals surface area contributed by atoms with Crippen LogP contribution in [0.3, 0.4) is 0 Å². The van der Waals surface area contributed by atoms with Crippen LogP contribution >= 0.6 is 0 Å². The van der Waals surface area contributed by atoms with Crippen LogP contribution in [0, 0.1) is 25.2 Å². The normalized spacial score (nSPS) is 15.5. The molecular weight excluding hydrogens is 354 g/mol. The van der Waals surface area contributed by atoms with Crippen molar-refractivity contribution in [1.29, 1.82) is 5.26 Å². The number of carbonyl (C=O) groups is 2. The number of esters is 1. The number of hydrogen-bond donors (Lipinski definition) is 0. The summed E-state index contributed by atoms with van der Waals surface area (Å²) < 4.78 is 7.32. The van der Waals surface area contributed by atoms with Crippen molar-refractivity contribution in [3.05, 3.63) is 28.6 Å². The predicted octanol–water partition coefficient (Wildman–Crippen LogP) is 3.76. The third kappa shape index (κ3) is 5.72. The Kier molecular flexibility index (Phi) is 8.31. The number of amides is 1. The van der Waals surface area contributed by atoms with Gasteiger partial charge in [-0.15, -0.1) is 0 Å². The number of aromatic nitrogens is 1. The molecule has 0 aromatic carbocycles. The average Bonchev–Trinajstić information content (AvgIpc) is 2.91. The van der Waals surface area contributed by atoms with E-state index < -0.39 is 5.97 Å². The molecule has 0 radical (unpaired) electrons. The van der Waals surface area contributed by atoms with Crippen LogP contribution in [0.2, 0.25) is 0 Å². The highest BCUT2D eigenvalue weighted by Gasteiger charge is 2.19. The van der Waals surface area contributed by atoms with Gasteiger partial charge >= 0.3 is 5.97 Å². The zero-order chi connectivity index (χ0) is 20.5. The van der Waals surface area contributed by atoms with E-state index in [4.69, 9.17) is 4.74 Å². The molecule has 152 valence electrons. The second-order valence-electron chi connectivity index (χ2n) is 7.37. The molecule has 6 heteroatoms. The smallest absolute Gasteiger partial charge is 0.349 e. The van der Waals surface area contributed by atoms with Gasteiger partial charge in [0.25, 0.3) is 5.91 Å². The van der Waals surface area contributed by atoms with Gasteiger partial charge in [-0.05, 0) is 50.8 Å². The van der Waals surface area contributed by atoms with Crippen molar-refractivity contribution in [2.75, 3.05) is 19.7 Å². The first kappa shape index (κ1) is 21.7. The van der Waals surface area contributed by atoms with Crippen LogP contribution in [-0.4, -0.2) is 41.0 Å². The average molecular weight is 386 g/mol. The maximum atomic E-state index is 12.4. The highest BCUT2D eigenvalue weighted by Crippen LogP contribution is 2.19. The third-order valence-electron chi connectivity index (χ3n) is 5.24. The zero-order valence-corrected chi connectivity index (χ0v) is 17.3. The van der Waals surface area contributed by atoms with Crippen molar-refractivity contribution in [1.82, 2.24) is 9.47 Å². The first-order valence-corrected chi connectivity index (χ1v) is 10.2. The van der Waals surface area contributed by atoms with Gasteiger partial charge in [0.05, 0.1) is 0 Å². The number of aryl methyl sites for hydroxylation is 1. The van der Waals surface area contributed by atoms with Crippen molar-refractivity contribution in [3.63, 3.8) is 0 Å². The lowest BCUT2D eigenvalue weighted by molar-refractivity contribution is -0.148. The molecule has 0 unspecified atom stereocenters. The molecule has 1 saturated heterocycles. The summed E-state index contributed by atoms with van der Waals surface area (Å²) >= 11 is 0. The molecule has 1 aromatic heterocycles. The first-order chi connectivity index (χ1) is 13.5. The molecule has 1 aliphatic heterocycles. The van der Waals surface area contributed by atoms with Gasteiger partial charge < -0.3 is 14.2 Å². The van der Waals surface area contributed by atoms with E-state index in [1.165, 1.54) is 6.42 Å². The lowest BCUT2D eigenvalue weighted by Crippen LogP contribution is -2.37. The number of nitriles is 1. The van der Waals surface area contributed by atoms with E-state index in [0.29, 0.717) is 13.1 Å². The SMILES string of the molecule is CCCn1c(C)cc(/C=C(\C#N)C(=O)OCC(=O)N2CCCCCCC2)c1C. The molecule has 6 nitrogen and oxygen atoms in total. The van der Waals surface area contributed by atoms with E-state index in [1.54, 1.807) is 11.0 Å². The fourth-order valence-corrected chi connectivity index (χ4v) is 3.63. The Bertz CT molecular complexity index is 763. The summed E-state index contributed by atoms with van der Waals surface area (Å²) in [4.78, 5) is 26.4. The standard InChI is InChI=1S/C22H31N3O3/c1-4-10-25-17(2)13-19(18(25)3)14-20(15-23)22(27)28-16-21(26)24-11-8-6-5-7-9-12-24/h13-14H,4-12,16H2,1-3H3/b20-14+. The highest BCUT2D eigenvalue weighted by atomic mass is 16.5. The molecule has 1 fully saturated rings. The molecule has 1 amide bonds. The minimum absolute atomic E-state index is 0.0859. The van der Waals surface area contributed by atoms with E-state index in [9.17, 15) is 14.9 Å². The lowest BCUT2D eigenvalue weighted by atomic mass is 10.1.